The van der Waals surface area contributed by atoms with Crippen molar-refractivity contribution in [2.24, 2.45) is 5.92 Å². The molecule has 124 valence electrons. The first-order valence-electron chi connectivity index (χ1n) is 7.81. The van der Waals surface area contributed by atoms with Gasteiger partial charge in [0.25, 0.3) is 5.91 Å². The van der Waals surface area contributed by atoms with Gasteiger partial charge < -0.3 is 10.0 Å². The van der Waals surface area contributed by atoms with Crippen LogP contribution in [-0.2, 0) is 4.79 Å². The molecule has 1 amide bonds. The van der Waals surface area contributed by atoms with Crippen LogP contribution in [0.2, 0.25) is 0 Å². The third-order valence-corrected chi connectivity index (χ3v) is 5.23. The monoisotopic (exact) mass is 341 g/mol. The molecule has 5 heteroatoms. The Morgan fingerprint density at radius 1 is 1.04 bits per heavy atom. The van der Waals surface area contributed by atoms with Crippen LogP contribution in [0.3, 0.4) is 0 Å². The molecule has 1 N–H and O–H groups in total. The summed E-state index contributed by atoms with van der Waals surface area (Å²) in [5.41, 5.74) is 1.57. The number of hydrogen-bond donors (Lipinski definition) is 1. The van der Waals surface area contributed by atoms with Gasteiger partial charge in [-0.2, -0.15) is 0 Å². The Morgan fingerprint density at radius 2 is 1.71 bits per heavy atom. The number of rotatable bonds is 4. The molecule has 1 aliphatic heterocycles. The molecule has 0 bridgehead atoms. The van der Waals surface area contributed by atoms with Crippen LogP contribution in [0.25, 0.3) is 0 Å². The quantitative estimate of drug-likeness (QED) is 0.867. The van der Waals surface area contributed by atoms with E-state index in [1.54, 1.807) is 28.8 Å². The standard InChI is InChI=1S/C19H19NO3S/c1-24-15-9-7-14(8-10-15)18(21)20-11-16(17(12-20)19(22)23)13-5-3-2-4-6-13/h2-10,16-17H,11-12H2,1H3,(H,22,23). The zero-order valence-electron chi connectivity index (χ0n) is 13.4. The number of hydrogen-bond acceptors (Lipinski definition) is 3. The third kappa shape index (κ3) is 3.31. The van der Waals surface area contributed by atoms with E-state index in [0.717, 1.165) is 10.5 Å². The Bertz CT molecular complexity index is 730. The van der Waals surface area contributed by atoms with E-state index in [9.17, 15) is 14.7 Å². The van der Waals surface area contributed by atoms with E-state index in [-0.39, 0.29) is 18.4 Å². The average Bonchev–Trinajstić information content (AvgIpc) is 3.07. The summed E-state index contributed by atoms with van der Waals surface area (Å²) in [6.07, 6.45) is 1.99. The van der Waals surface area contributed by atoms with E-state index < -0.39 is 11.9 Å². The largest absolute Gasteiger partial charge is 0.481 e. The number of carbonyl (C=O) groups excluding carboxylic acids is 1. The lowest BCUT2D eigenvalue weighted by Crippen LogP contribution is -2.29. The Hall–Kier alpha value is -2.27. The van der Waals surface area contributed by atoms with Crippen LogP contribution in [-0.4, -0.2) is 41.2 Å². The minimum absolute atomic E-state index is 0.104. The first kappa shape index (κ1) is 16.6. The van der Waals surface area contributed by atoms with Crippen LogP contribution >= 0.6 is 11.8 Å². The van der Waals surface area contributed by atoms with Crippen molar-refractivity contribution in [1.82, 2.24) is 4.90 Å². The van der Waals surface area contributed by atoms with E-state index >= 15 is 0 Å². The van der Waals surface area contributed by atoms with Crippen molar-refractivity contribution in [1.29, 1.82) is 0 Å². The number of thioether (sulfide) groups is 1. The van der Waals surface area contributed by atoms with Gasteiger partial charge in [0.15, 0.2) is 0 Å². The highest BCUT2D eigenvalue weighted by Crippen LogP contribution is 2.33. The number of likely N-dealkylation sites (tertiary alicyclic amines) is 1. The van der Waals surface area contributed by atoms with Gasteiger partial charge in [0.1, 0.15) is 0 Å². The lowest BCUT2D eigenvalue weighted by molar-refractivity contribution is -0.141. The van der Waals surface area contributed by atoms with E-state index in [4.69, 9.17) is 0 Å². The molecule has 2 unspecified atom stereocenters. The molecule has 24 heavy (non-hydrogen) atoms. The van der Waals surface area contributed by atoms with Crippen LogP contribution in [0.15, 0.2) is 59.5 Å². The van der Waals surface area contributed by atoms with E-state index in [0.29, 0.717) is 12.1 Å². The fraction of sp³-hybridized carbons (Fsp3) is 0.263. The maximum absolute atomic E-state index is 12.7. The first-order chi connectivity index (χ1) is 11.6. The molecule has 2 aromatic rings. The molecule has 0 spiro atoms. The van der Waals surface area contributed by atoms with Crippen molar-refractivity contribution >= 4 is 23.6 Å². The summed E-state index contributed by atoms with van der Waals surface area (Å²) in [4.78, 5) is 27.1. The average molecular weight is 341 g/mol. The van der Waals surface area contributed by atoms with Crippen LogP contribution in [0.4, 0.5) is 0 Å². The van der Waals surface area contributed by atoms with Crippen molar-refractivity contribution in [2.75, 3.05) is 19.3 Å². The van der Waals surface area contributed by atoms with Crippen LogP contribution in [0.1, 0.15) is 21.8 Å². The number of nitrogens with zero attached hydrogens (tertiary/aromatic N) is 1. The van der Waals surface area contributed by atoms with Gasteiger partial charge in [-0.3, -0.25) is 9.59 Å². The van der Waals surface area contributed by atoms with Crippen LogP contribution in [0.5, 0.6) is 0 Å². The molecule has 1 saturated heterocycles. The molecule has 1 fully saturated rings. The maximum Gasteiger partial charge on any atom is 0.308 e. The number of benzene rings is 2. The Balaban J connectivity index is 1.82. The van der Waals surface area contributed by atoms with E-state index in [1.165, 1.54) is 0 Å². The fourth-order valence-corrected chi connectivity index (χ4v) is 3.58. The second-order valence-corrected chi connectivity index (χ2v) is 6.78. The highest BCUT2D eigenvalue weighted by Gasteiger charge is 2.40. The van der Waals surface area contributed by atoms with E-state index in [2.05, 4.69) is 0 Å². The minimum Gasteiger partial charge on any atom is -0.481 e. The number of carboxylic acid groups (broad SMARTS) is 1. The lowest BCUT2D eigenvalue weighted by Gasteiger charge is -2.16. The molecule has 0 saturated carbocycles. The Labute approximate surface area is 145 Å². The lowest BCUT2D eigenvalue weighted by atomic mass is 9.89. The molecule has 1 aliphatic rings. The predicted octanol–water partition coefficient (Wildman–Crippen LogP) is 3.35. The van der Waals surface area contributed by atoms with Gasteiger partial charge in [0.05, 0.1) is 5.92 Å². The zero-order chi connectivity index (χ0) is 17.1. The molecule has 4 nitrogen and oxygen atoms in total. The van der Waals surface area contributed by atoms with Gasteiger partial charge in [-0.25, -0.2) is 0 Å². The van der Waals surface area contributed by atoms with Gasteiger partial charge >= 0.3 is 5.97 Å². The molecule has 0 aliphatic carbocycles. The molecule has 0 aromatic heterocycles. The molecule has 0 radical (unpaired) electrons. The fourth-order valence-electron chi connectivity index (χ4n) is 3.17. The Morgan fingerprint density at radius 3 is 2.29 bits per heavy atom. The molecular formula is C19H19NO3S. The van der Waals surface area contributed by atoms with Crippen molar-refractivity contribution in [2.45, 2.75) is 10.8 Å². The van der Waals surface area contributed by atoms with Gasteiger partial charge in [0, 0.05) is 29.5 Å². The zero-order valence-corrected chi connectivity index (χ0v) is 14.2. The van der Waals surface area contributed by atoms with Crippen molar-refractivity contribution in [3.63, 3.8) is 0 Å². The number of carbonyl (C=O) groups is 2. The van der Waals surface area contributed by atoms with Gasteiger partial charge in [0.2, 0.25) is 0 Å². The summed E-state index contributed by atoms with van der Waals surface area (Å²) in [6, 6.07) is 17.0. The minimum atomic E-state index is -0.850. The van der Waals surface area contributed by atoms with Gasteiger partial charge in [-0.1, -0.05) is 30.3 Å². The highest BCUT2D eigenvalue weighted by molar-refractivity contribution is 7.98. The highest BCUT2D eigenvalue weighted by atomic mass is 32.2. The van der Waals surface area contributed by atoms with Crippen molar-refractivity contribution in [3.05, 3.63) is 65.7 Å². The Kier molecular flexibility index (Phi) is 4.90. The second kappa shape index (κ2) is 7.09. The molecule has 2 aromatic carbocycles. The van der Waals surface area contributed by atoms with Crippen molar-refractivity contribution in [3.8, 4) is 0 Å². The number of amides is 1. The van der Waals surface area contributed by atoms with E-state index in [1.807, 2.05) is 48.7 Å². The number of aliphatic carboxylic acids is 1. The summed E-state index contributed by atoms with van der Waals surface area (Å²) in [5.74, 6) is -1.69. The maximum atomic E-state index is 12.7. The smallest absolute Gasteiger partial charge is 0.308 e. The summed E-state index contributed by atoms with van der Waals surface area (Å²) < 4.78 is 0. The molecular weight excluding hydrogens is 322 g/mol. The summed E-state index contributed by atoms with van der Waals surface area (Å²) >= 11 is 1.62. The van der Waals surface area contributed by atoms with Gasteiger partial charge in [-0.15, -0.1) is 11.8 Å². The van der Waals surface area contributed by atoms with Crippen LogP contribution < -0.4 is 0 Å². The second-order valence-electron chi connectivity index (χ2n) is 5.90. The molecule has 2 atom stereocenters. The summed E-state index contributed by atoms with van der Waals surface area (Å²) in [7, 11) is 0. The summed E-state index contributed by atoms with van der Waals surface area (Å²) in [6.45, 7) is 0.683. The normalized spacial score (nSPS) is 20.1. The predicted molar refractivity (Wildman–Crippen MR) is 94.4 cm³/mol. The van der Waals surface area contributed by atoms with Crippen LogP contribution in [0, 0.1) is 5.92 Å². The molecule has 1 heterocycles. The molecule has 3 rings (SSSR count). The van der Waals surface area contributed by atoms with Crippen molar-refractivity contribution < 1.29 is 14.7 Å². The summed E-state index contributed by atoms with van der Waals surface area (Å²) in [5, 5.41) is 9.54. The van der Waals surface area contributed by atoms with Gasteiger partial charge in [-0.05, 0) is 36.1 Å². The third-order valence-electron chi connectivity index (χ3n) is 4.49. The number of carboxylic acids is 1. The topological polar surface area (TPSA) is 57.6 Å². The first-order valence-corrected chi connectivity index (χ1v) is 9.03. The SMILES string of the molecule is CSc1ccc(C(=O)N2CC(C(=O)O)C(c3ccccc3)C2)cc1.